The molecule has 8 heteroatoms. The number of nitrogens with one attached hydrogen (secondary N) is 1. The van der Waals surface area contributed by atoms with E-state index in [1.54, 1.807) is 23.5 Å². The summed E-state index contributed by atoms with van der Waals surface area (Å²) in [4.78, 5) is 2.15. The van der Waals surface area contributed by atoms with Crippen LogP contribution in [0, 0.1) is 6.92 Å². The van der Waals surface area contributed by atoms with Gasteiger partial charge in [0, 0.05) is 12.2 Å². The van der Waals surface area contributed by atoms with Crippen LogP contribution in [-0.2, 0) is 16.6 Å². The van der Waals surface area contributed by atoms with Gasteiger partial charge in [-0.2, -0.15) is 0 Å². The number of piperidine rings is 1. The van der Waals surface area contributed by atoms with E-state index >= 15 is 0 Å². The lowest BCUT2D eigenvalue weighted by molar-refractivity contribution is 0.222. The Kier molecular flexibility index (Phi) is 4.93. The van der Waals surface area contributed by atoms with Crippen molar-refractivity contribution < 1.29 is 8.42 Å². The van der Waals surface area contributed by atoms with Gasteiger partial charge in [-0.15, -0.1) is 21.5 Å². The average Bonchev–Trinajstić information content (AvgIpc) is 2.93. The van der Waals surface area contributed by atoms with E-state index < -0.39 is 15.3 Å². The molecule has 0 amide bonds. The summed E-state index contributed by atoms with van der Waals surface area (Å²) in [6, 6.07) is 9.04. The molecule has 3 rings (SSSR count). The molecule has 1 atom stereocenters. The molecule has 0 saturated carbocycles. The lowest BCUT2D eigenvalue weighted by atomic mass is 10.1. The minimum Gasteiger partial charge on any atom is -0.295 e. The van der Waals surface area contributed by atoms with Gasteiger partial charge in [-0.1, -0.05) is 18.2 Å². The number of hydrogen-bond acceptors (Lipinski definition) is 6. The summed E-state index contributed by atoms with van der Waals surface area (Å²) in [6.45, 7) is 4.02. The molecule has 0 aliphatic carbocycles. The van der Waals surface area contributed by atoms with E-state index in [-0.39, 0.29) is 0 Å². The summed E-state index contributed by atoms with van der Waals surface area (Å²) in [6.07, 6.45) is 1.56. The largest absolute Gasteiger partial charge is 0.295 e. The minimum atomic E-state index is -3.38. The van der Waals surface area contributed by atoms with E-state index in [0.717, 1.165) is 23.0 Å². The predicted molar refractivity (Wildman–Crippen MR) is 91.9 cm³/mol. The van der Waals surface area contributed by atoms with Crippen LogP contribution in [0.25, 0.3) is 0 Å². The summed E-state index contributed by atoms with van der Waals surface area (Å²) in [7, 11) is -3.38. The van der Waals surface area contributed by atoms with Gasteiger partial charge in [0.05, 0.1) is 11.8 Å². The van der Waals surface area contributed by atoms with Crippen molar-refractivity contribution in [2.24, 2.45) is 0 Å². The molecule has 1 fully saturated rings. The minimum absolute atomic E-state index is 0.398. The number of aromatic nitrogens is 2. The van der Waals surface area contributed by atoms with Crippen molar-refractivity contribution in [1.82, 2.24) is 15.1 Å². The van der Waals surface area contributed by atoms with Gasteiger partial charge >= 0.3 is 0 Å². The molecule has 23 heavy (non-hydrogen) atoms. The Labute approximate surface area is 140 Å². The van der Waals surface area contributed by atoms with Crippen molar-refractivity contribution in [2.75, 3.05) is 17.8 Å². The second-order valence-electron chi connectivity index (χ2n) is 5.73. The maximum Gasteiger partial charge on any atom is 0.236 e. The van der Waals surface area contributed by atoms with Gasteiger partial charge in [-0.05, 0) is 38.4 Å². The Morgan fingerprint density at radius 1 is 1.30 bits per heavy atom. The molecule has 2 heterocycles. The highest BCUT2D eigenvalue weighted by Gasteiger charge is 2.31. The average molecular weight is 352 g/mol. The summed E-state index contributed by atoms with van der Waals surface area (Å²) in [5, 5.41) is 9.62. The number of benzene rings is 1. The third-order valence-corrected chi connectivity index (χ3v) is 6.47. The van der Waals surface area contributed by atoms with Crippen LogP contribution in [0.5, 0.6) is 0 Å². The first kappa shape index (κ1) is 16.4. The van der Waals surface area contributed by atoms with Crippen LogP contribution in [0.4, 0.5) is 5.69 Å². The van der Waals surface area contributed by atoms with Crippen LogP contribution in [-0.4, -0.2) is 41.9 Å². The standard InChI is InChI=1S/C15H20N4O2S2/c1-12-16-17-15(22-12)11-19-9-5-8-14(10-19)23(20,21)18-13-6-3-2-4-7-13/h2-4,6-7,14,18H,5,8-11H2,1H3. The van der Waals surface area contributed by atoms with Crippen LogP contribution in [0.3, 0.4) is 0 Å². The number of sulfonamides is 1. The molecular formula is C15H20N4O2S2. The first-order valence-corrected chi connectivity index (χ1v) is 9.97. The fourth-order valence-corrected chi connectivity index (χ4v) is 5.02. The summed E-state index contributed by atoms with van der Waals surface area (Å²) in [5.74, 6) is 0. The zero-order valence-corrected chi connectivity index (χ0v) is 14.6. The SMILES string of the molecule is Cc1nnc(CN2CCCC(S(=O)(=O)Nc3ccccc3)C2)s1. The zero-order chi connectivity index (χ0) is 16.3. The van der Waals surface area contributed by atoms with E-state index in [0.29, 0.717) is 25.2 Å². The van der Waals surface area contributed by atoms with E-state index in [1.165, 1.54) is 0 Å². The Hall–Kier alpha value is -1.51. The molecule has 0 spiro atoms. The molecule has 1 unspecified atom stereocenters. The fraction of sp³-hybridized carbons (Fsp3) is 0.467. The highest BCUT2D eigenvalue weighted by atomic mass is 32.2. The number of aryl methyl sites for hydroxylation is 1. The van der Waals surface area contributed by atoms with Gasteiger partial charge in [-0.3, -0.25) is 9.62 Å². The van der Waals surface area contributed by atoms with Crippen LogP contribution in [0.1, 0.15) is 22.9 Å². The summed E-state index contributed by atoms with van der Waals surface area (Å²) in [5.41, 5.74) is 0.615. The van der Waals surface area contributed by atoms with Gasteiger partial charge in [0.15, 0.2) is 0 Å². The van der Waals surface area contributed by atoms with E-state index in [9.17, 15) is 8.42 Å². The molecule has 1 N–H and O–H groups in total. The number of para-hydroxylation sites is 1. The monoisotopic (exact) mass is 352 g/mol. The van der Waals surface area contributed by atoms with E-state index in [1.807, 2.05) is 25.1 Å². The van der Waals surface area contributed by atoms with Crippen molar-refractivity contribution >= 4 is 27.0 Å². The smallest absolute Gasteiger partial charge is 0.236 e. The van der Waals surface area contributed by atoms with Crippen molar-refractivity contribution in [3.05, 3.63) is 40.3 Å². The molecule has 1 aliphatic heterocycles. The molecule has 1 aromatic carbocycles. The van der Waals surface area contributed by atoms with E-state index in [2.05, 4.69) is 19.8 Å². The zero-order valence-electron chi connectivity index (χ0n) is 13.0. The Morgan fingerprint density at radius 2 is 2.09 bits per heavy atom. The Bertz CT molecular complexity index is 746. The molecule has 0 bridgehead atoms. The topological polar surface area (TPSA) is 75.2 Å². The highest BCUT2D eigenvalue weighted by molar-refractivity contribution is 7.93. The van der Waals surface area contributed by atoms with Gasteiger partial charge in [0.1, 0.15) is 10.0 Å². The van der Waals surface area contributed by atoms with Crippen LogP contribution in [0.2, 0.25) is 0 Å². The van der Waals surface area contributed by atoms with Crippen molar-refractivity contribution in [1.29, 1.82) is 0 Å². The van der Waals surface area contributed by atoms with Gasteiger partial charge in [0.25, 0.3) is 0 Å². The second-order valence-corrected chi connectivity index (χ2v) is 8.95. The molecule has 1 aliphatic rings. The molecule has 1 saturated heterocycles. The van der Waals surface area contributed by atoms with E-state index in [4.69, 9.17) is 0 Å². The molecule has 0 radical (unpaired) electrons. The lowest BCUT2D eigenvalue weighted by Crippen LogP contribution is -2.43. The van der Waals surface area contributed by atoms with Crippen molar-refractivity contribution in [2.45, 2.75) is 31.6 Å². The number of hydrogen-bond donors (Lipinski definition) is 1. The molecule has 1 aromatic heterocycles. The summed E-state index contributed by atoms with van der Waals surface area (Å²) < 4.78 is 27.9. The maximum atomic E-state index is 12.6. The molecular weight excluding hydrogens is 332 g/mol. The quantitative estimate of drug-likeness (QED) is 0.893. The fourth-order valence-electron chi connectivity index (χ4n) is 2.76. The number of rotatable bonds is 5. The molecule has 2 aromatic rings. The predicted octanol–water partition coefficient (Wildman–Crippen LogP) is 2.25. The second kappa shape index (κ2) is 6.94. The summed E-state index contributed by atoms with van der Waals surface area (Å²) >= 11 is 1.56. The van der Waals surface area contributed by atoms with Crippen molar-refractivity contribution in [3.8, 4) is 0 Å². The van der Waals surface area contributed by atoms with Crippen molar-refractivity contribution in [3.63, 3.8) is 0 Å². The third-order valence-electron chi connectivity index (χ3n) is 3.86. The number of likely N-dealkylation sites (tertiary alicyclic amines) is 1. The number of anilines is 1. The normalized spacial score (nSPS) is 19.6. The lowest BCUT2D eigenvalue weighted by Gasteiger charge is -2.31. The maximum absolute atomic E-state index is 12.6. The Balaban J connectivity index is 1.65. The molecule has 6 nitrogen and oxygen atoms in total. The third kappa shape index (κ3) is 4.27. The highest BCUT2D eigenvalue weighted by Crippen LogP contribution is 2.22. The van der Waals surface area contributed by atoms with Crippen LogP contribution in [0.15, 0.2) is 30.3 Å². The van der Waals surface area contributed by atoms with Gasteiger partial charge < -0.3 is 0 Å². The number of nitrogens with zero attached hydrogens (tertiary/aromatic N) is 3. The Morgan fingerprint density at radius 3 is 2.78 bits per heavy atom. The molecule has 124 valence electrons. The van der Waals surface area contributed by atoms with Gasteiger partial charge in [0.2, 0.25) is 10.0 Å². The first-order valence-electron chi connectivity index (χ1n) is 7.61. The van der Waals surface area contributed by atoms with Crippen LogP contribution >= 0.6 is 11.3 Å². The first-order chi connectivity index (χ1) is 11.0. The van der Waals surface area contributed by atoms with Gasteiger partial charge in [-0.25, -0.2) is 8.42 Å². The van der Waals surface area contributed by atoms with Crippen LogP contribution < -0.4 is 4.72 Å².